The largest absolute Gasteiger partial charge is 0.480 e. The minimum Gasteiger partial charge on any atom is -0.480 e. The summed E-state index contributed by atoms with van der Waals surface area (Å²) in [5.74, 6) is -1.83. The highest BCUT2D eigenvalue weighted by Crippen LogP contribution is 2.11. The molecule has 0 fully saturated rings. The van der Waals surface area contributed by atoms with E-state index in [0.717, 1.165) is 0 Å². The zero-order chi connectivity index (χ0) is 16.5. The lowest BCUT2D eigenvalue weighted by atomic mass is 10.3. The van der Waals surface area contributed by atoms with Gasteiger partial charge in [-0.2, -0.15) is 13.2 Å². The lowest BCUT2D eigenvalue weighted by Gasteiger charge is -2.18. The number of carboxylic acid groups (broad SMARTS) is 1. The summed E-state index contributed by atoms with van der Waals surface area (Å²) in [5, 5.41) is 11.9. The van der Waals surface area contributed by atoms with Gasteiger partial charge in [-0.05, 0) is 13.0 Å². The summed E-state index contributed by atoms with van der Waals surface area (Å²) in [5.41, 5.74) is 0. The van der Waals surface area contributed by atoms with E-state index in [2.05, 4.69) is 0 Å². The van der Waals surface area contributed by atoms with Gasteiger partial charge in [0.15, 0.2) is 0 Å². The number of hydrogen-bond acceptors (Lipinski definition) is 4. The number of nitrogens with one attached hydrogen (secondary N) is 2. The fraction of sp³-hybridized carbons (Fsp3) is 0.727. The molecule has 0 spiro atoms. The highest BCUT2D eigenvalue weighted by atomic mass is 19.4. The molecule has 3 N–H and O–H groups in total. The smallest absolute Gasteiger partial charge is 0.405 e. The van der Waals surface area contributed by atoms with Crippen LogP contribution in [0.5, 0.6) is 0 Å². The molecule has 0 rings (SSSR count). The maximum absolute atomic E-state index is 11.8. The van der Waals surface area contributed by atoms with Crippen LogP contribution in [-0.2, 0) is 9.59 Å². The maximum Gasteiger partial charge on any atom is 0.405 e. The zero-order valence-corrected chi connectivity index (χ0v) is 11.5. The number of carbonyl (C=O) groups excluding carboxylic acids is 2. The molecule has 3 amide bonds. The van der Waals surface area contributed by atoms with Gasteiger partial charge in [0.25, 0.3) is 0 Å². The molecular formula is C11H18F3N3O4. The summed E-state index contributed by atoms with van der Waals surface area (Å²) >= 11 is 0. The topological polar surface area (TPSA) is 98.7 Å². The Morgan fingerprint density at radius 1 is 1.19 bits per heavy atom. The number of halogens is 3. The van der Waals surface area contributed by atoms with Crippen molar-refractivity contribution >= 4 is 17.9 Å². The van der Waals surface area contributed by atoms with Crippen LogP contribution in [0.1, 0.15) is 19.8 Å². The number of carbonyl (C=O) groups is 3. The van der Waals surface area contributed by atoms with E-state index in [9.17, 15) is 27.6 Å². The molecular weight excluding hydrogens is 295 g/mol. The molecule has 0 radical (unpaired) electrons. The Morgan fingerprint density at radius 3 is 2.29 bits per heavy atom. The van der Waals surface area contributed by atoms with Crippen molar-refractivity contribution in [1.82, 2.24) is 15.5 Å². The summed E-state index contributed by atoms with van der Waals surface area (Å²) in [7, 11) is 0. The molecule has 122 valence electrons. The first-order chi connectivity index (χ1) is 9.64. The molecule has 0 atom stereocenters. The van der Waals surface area contributed by atoms with Gasteiger partial charge in [-0.15, -0.1) is 0 Å². The molecule has 0 aromatic heterocycles. The highest BCUT2D eigenvalue weighted by Gasteiger charge is 2.27. The van der Waals surface area contributed by atoms with E-state index < -0.39 is 30.6 Å². The highest BCUT2D eigenvalue weighted by molar-refractivity contribution is 5.94. The van der Waals surface area contributed by atoms with Crippen LogP contribution in [0.2, 0.25) is 0 Å². The number of amides is 3. The number of carboxylic acids is 1. The third kappa shape index (κ3) is 11.7. The predicted molar refractivity (Wildman–Crippen MR) is 66.6 cm³/mol. The first-order valence-corrected chi connectivity index (χ1v) is 6.22. The molecule has 0 aliphatic carbocycles. The molecule has 0 aromatic carbocycles. The number of urea groups is 1. The fourth-order valence-electron chi connectivity index (χ4n) is 1.45. The minimum atomic E-state index is -4.56. The second kappa shape index (κ2) is 9.16. The Bertz CT molecular complexity index is 374. The van der Waals surface area contributed by atoms with E-state index in [-0.39, 0.29) is 19.5 Å². The van der Waals surface area contributed by atoms with Crippen LogP contribution in [0.25, 0.3) is 0 Å². The van der Waals surface area contributed by atoms with Gasteiger partial charge in [0.2, 0.25) is 5.91 Å². The van der Waals surface area contributed by atoms with Gasteiger partial charge in [-0.1, -0.05) is 6.92 Å². The predicted octanol–water partition coefficient (Wildman–Crippen LogP) is 0.561. The van der Waals surface area contributed by atoms with Gasteiger partial charge in [0.1, 0.15) is 6.54 Å². The Labute approximate surface area is 119 Å². The van der Waals surface area contributed by atoms with Gasteiger partial charge in [-0.3, -0.25) is 19.8 Å². The third-order valence-electron chi connectivity index (χ3n) is 2.26. The number of hydrogen-bond donors (Lipinski definition) is 3. The SMILES string of the molecule is CCCN(CCC(=O)NC(=O)NCC(F)(F)F)CC(=O)O. The van der Waals surface area contributed by atoms with E-state index >= 15 is 0 Å². The summed E-state index contributed by atoms with van der Waals surface area (Å²) in [6.07, 6.45) is -4.06. The molecule has 0 heterocycles. The molecule has 0 saturated heterocycles. The third-order valence-corrected chi connectivity index (χ3v) is 2.26. The van der Waals surface area contributed by atoms with Gasteiger partial charge in [0.05, 0.1) is 6.54 Å². The van der Waals surface area contributed by atoms with Gasteiger partial charge in [-0.25, -0.2) is 4.79 Å². The number of aliphatic carboxylic acids is 1. The van der Waals surface area contributed by atoms with Crippen molar-refractivity contribution in [3.8, 4) is 0 Å². The standard InChI is InChI=1S/C11H18F3N3O4/c1-2-4-17(6-9(19)20)5-3-8(18)16-10(21)15-7-11(12,13)14/h2-7H2,1H3,(H,19,20)(H2,15,16,18,21). The van der Waals surface area contributed by atoms with Crippen LogP contribution in [0.4, 0.5) is 18.0 Å². The molecule has 0 saturated carbocycles. The Hall–Kier alpha value is -1.84. The molecule has 21 heavy (non-hydrogen) atoms. The average Bonchev–Trinajstić information content (AvgIpc) is 2.32. The Balaban J connectivity index is 4.06. The summed E-state index contributed by atoms with van der Waals surface area (Å²) < 4.78 is 35.5. The van der Waals surface area contributed by atoms with Crippen molar-refractivity contribution in [3.05, 3.63) is 0 Å². The van der Waals surface area contributed by atoms with Crippen LogP contribution in [0.3, 0.4) is 0 Å². The first-order valence-electron chi connectivity index (χ1n) is 6.22. The van der Waals surface area contributed by atoms with Crippen molar-refractivity contribution < 1.29 is 32.7 Å². The number of nitrogens with zero attached hydrogens (tertiary/aromatic N) is 1. The molecule has 0 bridgehead atoms. The van der Waals surface area contributed by atoms with Gasteiger partial charge < -0.3 is 10.4 Å². The lowest BCUT2D eigenvalue weighted by Crippen LogP contribution is -2.44. The van der Waals surface area contributed by atoms with Crippen molar-refractivity contribution in [2.45, 2.75) is 25.9 Å². The quantitative estimate of drug-likeness (QED) is 0.608. The number of rotatable bonds is 8. The van der Waals surface area contributed by atoms with Crippen LogP contribution < -0.4 is 10.6 Å². The Morgan fingerprint density at radius 2 is 1.81 bits per heavy atom. The second-order valence-electron chi connectivity index (χ2n) is 4.27. The van der Waals surface area contributed by atoms with Gasteiger partial charge in [0, 0.05) is 13.0 Å². The van der Waals surface area contributed by atoms with E-state index in [4.69, 9.17) is 5.11 Å². The Kier molecular flexibility index (Phi) is 8.36. The molecule has 0 aliphatic rings. The van der Waals surface area contributed by atoms with Crippen LogP contribution >= 0.6 is 0 Å². The summed E-state index contributed by atoms with van der Waals surface area (Å²) in [6.45, 7) is 0.604. The lowest BCUT2D eigenvalue weighted by molar-refractivity contribution is -0.138. The van der Waals surface area contributed by atoms with Crippen LogP contribution in [0, 0.1) is 0 Å². The van der Waals surface area contributed by atoms with Gasteiger partial charge >= 0.3 is 18.2 Å². The fourth-order valence-corrected chi connectivity index (χ4v) is 1.45. The van der Waals surface area contributed by atoms with Crippen LogP contribution in [-0.4, -0.2) is 60.3 Å². The monoisotopic (exact) mass is 313 g/mol. The van der Waals surface area contributed by atoms with E-state index in [1.54, 1.807) is 5.32 Å². The second-order valence-corrected chi connectivity index (χ2v) is 4.27. The number of alkyl halides is 3. The maximum atomic E-state index is 11.8. The first kappa shape index (κ1) is 19.2. The van der Waals surface area contributed by atoms with Crippen molar-refractivity contribution in [3.63, 3.8) is 0 Å². The van der Waals surface area contributed by atoms with Crippen molar-refractivity contribution in [2.24, 2.45) is 0 Å². The van der Waals surface area contributed by atoms with E-state index in [1.165, 1.54) is 10.2 Å². The molecule has 10 heteroatoms. The summed E-state index contributed by atoms with van der Waals surface area (Å²) in [4.78, 5) is 34.4. The minimum absolute atomic E-state index is 0.0958. The zero-order valence-electron chi connectivity index (χ0n) is 11.5. The summed E-state index contributed by atoms with van der Waals surface area (Å²) in [6, 6.07) is -1.24. The molecule has 0 unspecified atom stereocenters. The van der Waals surface area contributed by atoms with Crippen molar-refractivity contribution in [2.75, 3.05) is 26.2 Å². The number of imide groups is 1. The molecule has 7 nitrogen and oxygen atoms in total. The van der Waals surface area contributed by atoms with Crippen LogP contribution in [0.15, 0.2) is 0 Å². The van der Waals surface area contributed by atoms with E-state index in [0.29, 0.717) is 13.0 Å². The molecule has 0 aromatic rings. The molecule has 0 aliphatic heterocycles. The van der Waals surface area contributed by atoms with E-state index in [1.807, 2.05) is 6.92 Å². The normalized spacial score (nSPS) is 11.3. The average molecular weight is 313 g/mol. The van der Waals surface area contributed by atoms with Crippen molar-refractivity contribution in [1.29, 1.82) is 0 Å².